The zero-order chi connectivity index (χ0) is 8.48. The monoisotopic (exact) mass is 174 g/mol. The third kappa shape index (κ3) is 1.80. The second-order valence-electron chi connectivity index (χ2n) is 3.73. The molecule has 0 radical (unpaired) electrons. The summed E-state index contributed by atoms with van der Waals surface area (Å²) >= 11 is 0. The SMILES string of the molecule is C.CC(C)C1(C(C)C)OCCO1. The van der Waals surface area contributed by atoms with Crippen molar-refractivity contribution in [2.45, 2.75) is 40.9 Å². The fourth-order valence-corrected chi connectivity index (χ4v) is 1.78. The molecule has 1 aliphatic rings. The van der Waals surface area contributed by atoms with Crippen LogP contribution in [0.15, 0.2) is 0 Å². The molecule has 0 unspecified atom stereocenters. The normalized spacial score (nSPS) is 21.5. The van der Waals surface area contributed by atoms with Crippen molar-refractivity contribution in [3.63, 3.8) is 0 Å². The van der Waals surface area contributed by atoms with Gasteiger partial charge in [-0.15, -0.1) is 0 Å². The molecule has 0 amide bonds. The predicted octanol–water partition coefficient (Wildman–Crippen LogP) is 2.68. The Bertz CT molecular complexity index is 114. The first-order valence-electron chi connectivity index (χ1n) is 4.37. The smallest absolute Gasteiger partial charge is 0.172 e. The highest BCUT2D eigenvalue weighted by atomic mass is 16.7. The van der Waals surface area contributed by atoms with E-state index < -0.39 is 0 Å². The van der Waals surface area contributed by atoms with E-state index in [0.717, 1.165) is 13.2 Å². The van der Waals surface area contributed by atoms with Crippen LogP contribution in [-0.4, -0.2) is 19.0 Å². The van der Waals surface area contributed by atoms with E-state index in [4.69, 9.17) is 9.47 Å². The van der Waals surface area contributed by atoms with Crippen molar-refractivity contribution in [1.82, 2.24) is 0 Å². The van der Waals surface area contributed by atoms with Crippen LogP contribution in [-0.2, 0) is 9.47 Å². The molecular formula is C10H22O2. The first-order valence-corrected chi connectivity index (χ1v) is 4.37. The number of hydrogen-bond donors (Lipinski definition) is 0. The topological polar surface area (TPSA) is 18.5 Å². The average molecular weight is 174 g/mol. The van der Waals surface area contributed by atoms with E-state index in [1.165, 1.54) is 0 Å². The van der Waals surface area contributed by atoms with Gasteiger partial charge in [-0.05, 0) is 0 Å². The van der Waals surface area contributed by atoms with Crippen molar-refractivity contribution < 1.29 is 9.47 Å². The summed E-state index contributed by atoms with van der Waals surface area (Å²) in [5, 5.41) is 0. The molecule has 0 aliphatic carbocycles. The first kappa shape index (κ1) is 11.9. The molecule has 0 aromatic rings. The fourth-order valence-electron chi connectivity index (χ4n) is 1.78. The molecule has 0 aromatic carbocycles. The van der Waals surface area contributed by atoms with Crippen LogP contribution in [0.1, 0.15) is 35.1 Å². The molecule has 2 heteroatoms. The van der Waals surface area contributed by atoms with Crippen LogP contribution in [0.3, 0.4) is 0 Å². The average Bonchev–Trinajstić information content (AvgIpc) is 2.34. The van der Waals surface area contributed by atoms with E-state index in [1.807, 2.05) is 0 Å². The minimum absolute atomic E-state index is 0. The van der Waals surface area contributed by atoms with Crippen molar-refractivity contribution >= 4 is 0 Å². The number of hydrogen-bond acceptors (Lipinski definition) is 2. The number of rotatable bonds is 2. The van der Waals surface area contributed by atoms with Crippen LogP contribution in [0.2, 0.25) is 0 Å². The highest BCUT2D eigenvalue weighted by Gasteiger charge is 2.42. The molecule has 12 heavy (non-hydrogen) atoms. The van der Waals surface area contributed by atoms with E-state index in [9.17, 15) is 0 Å². The Balaban J connectivity index is 0.00000121. The van der Waals surface area contributed by atoms with Gasteiger partial charge in [0.05, 0.1) is 13.2 Å². The molecule has 1 fully saturated rings. The second kappa shape index (κ2) is 4.24. The summed E-state index contributed by atoms with van der Waals surface area (Å²) in [7, 11) is 0. The Morgan fingerprint density at radius 2 is 1.25 bits per heavy atom. The zero-order valence-corrected chi connectivity index (χ0v) is 7.89. The van der Waals surface area contributed by atoms with Gasteiger partial charge in [-0.2, -0.15) is 0 Å². The van der Waals surface area contributed by atoms with Gasteiger partial charge in [0.15, 0.2) is 5.79 Å². The minimum atomic E-state index is -0.306. The first-order chi connectivity index (χ1) is 5.09. The van der Waals surface area contributed by atoms with Crippen molar-refractivity contribution in [2.24, 2.45) is 11.8 Å². The van der Waals surface area contributed by atoms with Gasteiger partial charge in [-0.25, -0.2) is 0 Å². The van der Waals surface area contributed by atoms with Crippen LogP contribution in [0.5, 0.6) is 0 Å². The van der Waals surface area contributed by atoms with Crippen LogP contribution in [0.4, 0.5) is 0 Å². The predicted molar refractivity (Wildman–Crippen MR) is 51.0 cm³/mol. The summed E-state index contributed by atoms with van der Waals surface area (Å²) in [6.45, 7) is 10.1. The van der Waals surface area contributed by atoms with Gasteiger partial charge in [-0.3, -0.25) is 0 Å². The van der Waals surface area contributed by atoms with Crippen molar-refractivity contribution in [2.75, 3.05) is 13.2 Å². The molecule has 1 rings (SSSR count). The molecule has 1 heterocycles. The van der Waals surface area contributed by atoms with Crippen LogP contribution >= 0.6 is 0 Å². The molecule has 0 spiro atoms. The summed E-state index contributed by atoms with van der Waals surface area (Å²) in [5.41, 5.74) is 0. The molecule has 74 valence electrons. The van der Waals surface area contributed by atoms with E-state index in [-0.39, 0.29) is 13.2 Å². The molecular weight excluding hydrogens is 152 g/mol. The molecule has 1 aliphatic heterocycles. The fraction of sp³-hybridized carbons (Fsp3) is 1.00. The van der Waals surface area contributed by atoms with E-state index in [2.05, 4.69) is 27.7 Å². The summed E-state index contributed by atoms with van der Waals surface area (Å²) in [5.74, 6) is 0.565. The van der Waals surface area contributed by atoms with Gasteiger partial charge in [-0.1, -0.05) is 35.1 Å². The maximum atomic E-state index is 5.64. The van der Waals surface area contributed by atoms with E-state index in [1.54, 1.807) is 0 Å². The highest BCUT2D eigenvalue weighted by Crippen LogP contribution is 2.34. The largest absolute Gasteiger partial charge is 0.347 e. The third-order valence-corrected chi connectivity index (χ3v) is 2.35. The molecule has 2 nitrogen and oxygen atoms in total. The molecule has 0 aromatic heterocycles. The van der Waals surface area contributed by atoms with E-state index in [0.29, 0.717) is 11.8 Å². The Morgan fingerprint density at radius 1 is 0.917 bits per heavy atom. The van der Waals surface area contributed by atoms with Gasteiger partial charge in [0, 0.05) is 11.8 Å². The highest BCUT2D eigenvalue weighted by molar-refractivity contribution is 4.80. The van der Waals surface area contributed by atoms with Crippen LogP contribution in [0.25, 0.3) is 0 Å². The lowest BCUT2D eigenvalue weighted by Gasteiger charge is -2.35. The third-order valence-electron chi connectivity index (χ3n) is 2.35. The molecule has 0 N–H and O–H groups in total. The van der Waals surface area contributed by atoms with Crippen molar-refractivity contribution in [3.05, 3.63) is 0 Å². The Kier molecular flexibility index (Phi) is 4.21. The van der Waals surface area contributed by atoms with Gasteiger partial charge in [0.25, 0.3) is 0 Å². The van der Waals surface area contributed by atoms with Gasteiger partial charge < -0.3 is 9.47 Å². The Labute approximate surface area is 76.3 Å². The Morgan fingerprint density at radius 3 is 1.42 bits per heavy atom. The van der Waals surface area contributed by atoms with Gasteiger partial charge in [0.2, 0.25) is 0 Å². The maximum absolute atomic E-state index is 5.64. The summed E-state index contributed by atoms with van der Waals surface area (Å²) in [4.78, 5) is 0. The standard InChI is InChI=1S/C9H18O2.CH4/c1-7(2)9(8(3)4)10-5-6-11-9;/h7-8H,5-6H2,1-4H3;1H4. The lowest BCUT2D eigenvalue weighted by molar-refractivity contribution is -0.216. The maximum Gasteiger partial charge on any atom is 0.172 e. The summed E-state index contributed by atoms with van der Waals surface area (Å²) in [6.07, 6.45) is 0. The lowest BCUT2D eigenvalue weighted by Crippen LogP contribution is -2.41. The van der Waals surface area contributed by atoms with Crippen LogP contribution < -0.4 is 0 Å². The molecule has 0 atom stereocenters. The number of ether oxygens (including phenoxy) is 2. The molecule has 1 saturated heterocycles. The quantitative estimate of drug-likeness (QED) is 0.640. The van der Waals surface area contributed by atoms with Gasteiger partial charge >= 0.3 is 0 Å². The zero-order valence-electron chi connectivity index (χ0n) is 7.89. The molecule has 0 saturated carbocycles. The van der Waals surface area contributed by atoms with Gasteiger partial charge in [0.1, 0.15) is 0 Å². The van der Waals surface area contributed by atoms with E-state index >= 15 is 0 Å². The van der Waals surface area contributed by atoms with Crippen LogP contribution in [0, 0.1) is 11.8 Å². The summed E-state index contributed by atoms with van der Waals surface area (Å²) in [6, 6.07) is 0. The van der Waals surface area contributed by atoms with Crippen molar-refractivity contribution in [1.29, 1.82) is 0 Å². The second-order valence-corrected chi connectivity index (χ2v) is 3.73. The Hall–Kier alpha value is -0.0800. The summed E-state index contributed by atoms with van der Waals surface area (Å²) < 4.78 is 11.3. The lowest BCUT2D eigenvalue weighted by atomic mass is 9.92. The van der Waals surface area contributed by atoms with Crippen molar-refractivity contribution in [3.8, 4) is 0 Å². The minimum Gasteiger partial charge on any atom is -0.347 e. The molecule has 0 bridgehead atoms.